The number of nitro benzene ring substituents is 1. The summed E-state index contributed by atoms with van der Waals surface area (Å²) >= 11 is 0. The first-order chi connectivity index (χ1) is 8.26. The monoisotopic (exact) mass is 258 g/mol. The highest BCUT2D eigenvalue weighted by atomic mass is 19.1. The molecule has 0 aliphatic carbocycles. The summed E-state index contributed by atoms with van der Waals surface area (Å²) in [6, 6.07) is 1.43. The van der Waals surface area contributed by atoms with E-state index in [9.17, 15) is 18.9 Å². The minimum Gasteiger partial charge on any atom is -0.375 e. The highest BCUT2D eigenvalue weighted by Crippen LogP contribution is 2.28. The van der Waals surface area contributed by atoms with E-state index in [2.05, 4.69) is 5.32 Å². The summed E-state index contributed by atoms with van der Waals surface area (Å²) in [6.45, 7) is 5.60. The molecule has 0 saturated carbocycles. The molecular weight excluding hydrogens is 242 g/mol. The van der Waals surface area contributed by atoms with E-state index in [0.29, 0.717) is 12.1 Å². The van der Waals surface area contributed by atoms with Crippen molar-refractivity contribution in [3.05, 3.63) is 33.9 Å². The number of hydrogen-bond acceptors (Lipinski definition) is 3. The van der Waals surface area contributed by atoms with Crippen molar-refractivity contribution in [2.45, 2.75) is 39.2 Å². The molecule has 0 atom stereocenters. The van der Waals surface area contributed by atoms with E-state index in [1.54, 1.807) is 0 Å². The maximum Gasteiger partial charge on any atom is 0.275 e. The summed E-state index contributed by atoms with van der Waals surface area (Å²) in [4.78, 5) is 9.63. The normalized spacial score (nSPS) is 11.4. The van der Waals surface area contributed by atoms with Gasteiger partial charge in [-0.15, -0.1) is 0 Å². The van der Waals surface area contributed by atoms with Crippen molar-refractivity contribution in [1.82, 2.24) is 0 Å². The molecule has 1 rings (SSSR count). The zero-order valence-electron chi connectivity index (χ0n) is 10.6. The lowest BCUT2D eigenvalue weighted by Gasteiger charge is -2.27. The first kappa shape index (κ1) is 14.3. The van der Waals surface area contributed by atoms with Crippen LogP contribution in [0.1, 0.15) is 33.6 Å². The number of nitrogens with zero attached hydrogens (tertiary/aromatic N) is 1. The topological polar surface area (TPSA) is 55.2 Å². The summed E-state index contributed by atoms with van der Waals surface area (Å²) < 4.78 is 27.3. The summed E-state index contributed by atoms with van der Waals surface area (Å²) in [5.74, 6) is -1.91. The van der Waals surface area contributed by atoms with E-state index in [0.717, 1.165) is 12.8 Å². The largest absolute Gasteiger partial charge is 0.375 e. The van der Waals surface area contributed by atoms with Gasteiger partial charge in [-0.1, -0.05) is 13.3 Å². The molecule has 0 aliphatic heterocycles. The van der Waals surface area contributed by atoms with Gasteiger partial charge in [0.05, 0.1) is 17.1 Å². The Morgan fingerprint density at radius 1 is 1.33 bits per heavy atom. The Labute approximate surface area is 104 Å². The van der Waals surface area contributed by atoms with Crippen LogP contribution in [0.4, 0.5) is 20.2 Å². The second-order valence-electron chi connectivity index (χ2n) is 4.80. The summed E-state index contributed by atoms with van der Waals surface area (Å²) in [5, 5.41) is 13.2. The Balaban J connectivity index is 3.08. The van der Waals surface area contributed by atoms with E-state index in [-0.39, 0.29) is 5.69 Å². The molecule has 6 heteroatoms. The number of non-ortho nitro benzene ring substituents is 1. The number of rotatable bonds is 5. The fourth-order valence-corrected chi connectivity index (χ4v) is 1.81. The number of hydrogen-bond donors (Lipinski definition) is 1. The summed E-state index contributed by atoms with van der Waals surface area (Å²) in [5.41, 5.74) is -1.39. The number of benzene rings is 1. The lowest BCUT2D eigenvalue weighted by atomic mass is 9.98. The summed E-state index contributed by atoms with van der Waals surface area (Å²) in [6.07, 6.45) is 1.58. The molecule has 0 bridgehead atoms. The molecular formula is C12H16F2N2O2. The zero-order chi connectivity index (χ0) is 13.9. The van der Waals surface area contributed by atoms with Gasteiger partial charge in [0.1, 0.15) is 5.69 Å². The average Bonchev–Trinajstić information content (AvgIpc) is 2.22. The predicted molar refractivity (Wildman–Crippen MR) is 65.6 cm³/mol. The molecule has 1 aromatic carbocycles. The van der Waals surface area contributed by atoms with Gasteiger partial charge in [0.25, 0.3) is 5.69 Å². The van der Waals surface area contributed by atoms with Crippen LogP contribution in [0.15, 0.2) is 12.1 Å². The smallest absolute Gasteiger partial charge is 0.275 e. The lowest BCUT2D eigenvalue weighted by Crippen LogP contribution is -2.31. The first-order valence-electron chi connectivity index (χ1n) is 5.68. The fourth-order valence-electron chi connectivity index (χ4n) is 1.81. The van der Waals surface area contributed by atoms with Gasteiger partial charge in [0.2, 0.25) is 0 Å². The Morgan fingerprint density at radius 3 is 2.22 bits per heavy atom. The van der Waals surface area contributed by atoms with Crippen molar-refractivity contribution >= 4 is 11.4 Å². The SMILES string of the molecule is CCCC(C)(C)Nc1c(F)cc([N+](=O)[O-])cc1F. The zero-order valence-corrected chi connectivity index (χ0v) is 10.6. The minimum absolute atomic E-state index is 0.320. The van der Waals surface area contributed by atoms with Crippen molar-refractivity contribution in [3.8, 4) is 0 Å². The van der Waals surface area contributed by atoms with Gasteiger partial charge < -0.3 is 5.32 Å². The fraction of sp³-hybridized carbons (Fsp3) is 0.500. The van der Waals surface area contributed by atoms with E-state index in [1.807, 2.05) is 20.8 Å². The van der Waals surface area contributed by atoms with Crippen LogP contribution in [0.3, 0.4) is 0 Å². The highest BCUT2D eigenvalue weighted by molar-refractivity contribution is 5.53. The Morgan fingerprint density at radius 2 is 1.83 bits per heavy atom. The predicted octanol–water partition coefficient (Wildman–Crippen LogP) is 3.86. The molecule has 4 nitrogen and oxygen atoms in total. The third-order valence-corrected chi connectivity index (χ3v) is 2.58. The van der Waals surface area contributed by atoms with Crippen molar-refractivity contribution in [2.24, 2.45) is 0 Å². The number of nitro groups is 1. The van der Waals surface area contributed by atoms with Gasteiger partial charge in [-0.3, -0.25) is 10.1 Å². The third-order valence-electron chi connectivity index (χ3n) is 2.58. The Bertz CT molecular complexity index is 438. The second kappa shape index (κ2) is 5.29. The number of halogens is 2. The van der Waals surface area contributed by atoms with Gasteiger partial charge in [-0.05, 0) is 20.3 Å². The van der Waals surface area contributed by atoms with Crippen molar-refractivity contribution < 1.29 is 13.7 Å². The molecule has 0 aliphatic rings. The van der Waals surface area contributed by atoms with Crippen LogP contribution in [-0.2, 0) is 0 Å². The number of nitrogens with one attached hydrogen (secondary N) is 1. The molecule has 1 N–H and O–H groups in total. The van der Waals surface area contributed by atoms with E-state index >= 15 is 0 Å². The third kappa shape index (κ3) is 3.38. The maximum atomic E-state index is 13.6. The van der Waals surface area contributed by atoms with Crippen LogP contribution in [0.2, 0.25) is 0 Å². The van der Waals surface area contributed by atoms with E-state index in [4.69, 9.17) is 0 Å². The highest BCUT2D eigenvalue weighted by Gasteiger charge is 2.23. The minimum atomic E-state index is -0.953. The second-order valence-corrected chi connectivity index (χ2v) is 4.80. The Hall–Kier alpha value is -1.72. The van der Waals surface area contributed by atoms with Crippen LogP contribution in [0.25, 0.3) is 0 Å². The number of anilines is 1. The molecule has 18 heavy (non-hydrogen) atoms. The molecule has 0 fully saturated rings. The van der Waals surface area contributed by atoms with Gasteiger partial charge >= 0.3 is 0 Å². The van der Waals surface area contributed by atoms with Crippen LogP contribution in [0, 0.1) is 21.7 Å². The van der Waals surface area contributed by atoms with Crippen LogP contribution in [-0.4, -0.2) is 10.5 Å². The van der Waals surface area contributed by atoms with Gasteiger partial charge in [-0.2, -0.15) is 0 Å². The molecule has 100 valence electrons. The standard InChI is InChI=1S/C12H16F2N2O2/c1-4-5-12(2,3)15-11-9(13)6-8(16(17)18)7-10(11)14/h6-7,15H,4-5H2,1-3H3. The molecule has 0 heterocycles. The molecule has 0 aromatic heterocycles. The average molecular weight is 258 g/mol. The quantitative estimate of drug-likeness (QED) is 0.644. The van der Waals surface area contributed by atoms with Crippen LogP contribution < -0.4 is 5.32 Å². The van der Waals surface area contributed by atoms with Gasteiger partial charge in [0, 0.05) is 5.54 Å². The molecule has 0 unspecified atom stereocenters. The molecule has 0 spiro atoms. The lowest BCUT2D eigenvalue weighted by molar-refractivity contribution is -0.385. The maximum absolute atomic E-state index is 13.6. The Kier molecular flexibility index (Phi) is 4.21. The summed E-state index contributed by atoms with van der Waals surface area (Å²) in [7, 11) is 0. The van der Waals surface area contributed by atoms with E-state index < -0.39 is 27.8 Å². The van der Waals surface area contributed by atoms with E-state index in [1.165, 1.54) is 0 Å². The molecule has 1 aromatic rings. The van der Waals surface area contributed by atoms with Gasteiger partial charge in [-0.25, -0.2) is 8.78 Å². The molecule has 0 radical (unpaired) electrons. The van der Waals surface area contributed by atoms with Crippen molar-refractivity contribution in [3.63, 3.8) is 0 Å². The van der Waals surface area contributed by atoms with Crippen molar-refractivity contribution in [1.29, 1.82) is 0 Å². The van der Waals surface area contributed by atoms with Crippen molar-refractivity contribution in [2.75, 3.05) is 5.32 Å². The van der Waals surface area contributed by atoms with Crippen LogP contribution >= 0.6 is 0 Å². The molecule has 0 saturated heterocycles. The first-order valence-corrected chi connectivity index (χ1v) is 5.68. The van der Waals surface area contributed by atoms with Gasteiger partial charge in [0.15, 0.2) is 11.6 Å². The van der Waals surface area contributed by atoms with Crippen LogP contribution in [0.5, 0.6) is 0 Å². The molecule has 0 amide bonds.